The maximum absolute atomic E-state index is 11.4. The fraction of sp³-hybridized carbons (Fsp3) is 0.409. The van der Waals surface area contributed by atoms with Crippen LogP contribution < -0.4 is 15.4 Å². The Balaban J connectivity index is 0.00000450. The second-order valence-electron chi connectivity index (χ2n) is 7.06. The largest absolute Gasteiger partial charge is 0.496 e. The monoisotopic (exact) mass is 545 g/mol. The summed E-state index contributed by atoms with van der Waals surface area (Å²) >= 11 is 0. The van der Waals surface area contributed by atoms with E-state index in [1.807, 2.05) is 38.1 Å². The number of aliphatic imine (C=N–C) groups is 1. The van der Waals surface area contributed by atoms with Crippen molar-refractivity contribution in [3.05, 3.63) is 64.7 Å². The lowest BCUT2D eigenvalue weighted by molar-refractivity contribution is 0.411. The Bertz CT molecular complexity index is 929. The van der Waals surface area contributed by atoms with Crippen LogP contribution in [-0.2, 0) is 28.6 Å². The summed E-state index contributed by atoms with van der Waals surface area (Å²) in [5.74, 6) is 1.72. The van der Waals surface area contributed by atoms with Gasteiger partial charge in [-0.05, 0) is 48.6 Å². The van der Waals surface area contributed by atoms with Crippen molar-refractivity contribution in [1.29, 1.82) is 0 Å². The number of benzene rings is 2. The number of halogens is 1. The minimum absolute atomic E-state index is 0. The van der Waals surface area contributed by atoms with Gasteiger partial charge in [0.05, 0.1) is 19.4 Å². The minimum atomic E-state index is -3.02. The third-order valence-corrected chi connectivity index (χ3v) is 5.25. The molecule has 0 bridgehead atoms. The Morgan fingerprint density at radius 1 is 1.03 bits per heavy atom. The van der Waals surface area contributed by atoms with Gasteiger partial charge in [-0.15, -0.1) is 24.0 Å². The molecule has 8 heteroatoms. The highest BCUT2D eigenvalue weighted by Crippen LogP contribution is 2.19. The lowest BCUT2D eigenvalue weighted by Gasteiger charge is -2.12. The van der Waals surface area contributed by atoms with E-state index in [0.717, 1.165) is 47.9 Å². The topological polar surface area (TPSA) is 79.8 Å². The number of methoxy groups -OCH3 is 1. The smallest absolute Gasteiger partial charge is 0.191 e. The zero-order valence-electron chi connectivity index (χ0n) is 18.1. The maximum Gasteiger partial charge on any atom is 0.191 e. The zero-order valence-corrected chi connectivity index (χ0v) is 21.2. The van der Waals surface area contributed by atoms with Gasteiger partial charge >= 0.3 is 0 Å². The van der Waals surface area contributed by atoms with Gasteiger partial charge in [-0.2, -0.15) is 0 Å². The molecule has 2 aromatic rings. The van der Waals surface area contributed by atoms with E-state index < -0.39 is 9.84 Å². The van der Waals surface area contributed by atoms with E-state index in [9.17, 15) is 8.42 Å². The molecule has 0 fully saturated rings. The molecule has 2 aromatic carbocycles. The highest BCUT2D eigenvalue weighted by atomic mass is 127. The van der Waals surface area contributed by atoms with Crippen LogP contribution in [0.2, 0.25) is 0 Å². The van der Waals surface area contributed by atoms with Crippen LogP contribution in [0.15, 0.2) is 47.5 Å². The minimum Gasteiger partial charge on any atom is -0.496 e. The molecule has 6 nitrogen and oxygen atoms in total. The summed E-state index contributed by atoms with van der Waals surface area (Å²) in [6.07, 6.45) is 2.10. The first-order valence-corrected chi connectivity index (χ1v) is 11.8. The first kappa shape index (κ1) is 26.2. The molecule has 0 unspecified atom stereocenters. The Morgan fingerprint density at radius 2 is 1.67 bits per heavy atom. The predicted octanol–water partition coefficient (Wildman–Crippen LogP) is 3.46. The van der Waals surface area contributed by atoms with Gasteiger partial charge in [-0.1, -0.05) is 36.4 Å². The number of sulfone groups is 1. The number of hydrogen-bond donors (Lipinski definition) is 2. The molecule has 2 rings (SSSR count). The Hall–Kier alpha value is -1.81. The molecule has 2 N–H and O–H groups in total. The molecular formula is C22H32IN3O3S. The van der Waals surface area contributed by atoms with Crippen LogP contribution >= 0.6 is 24.0 Å². The molecule has 30 heavy (non-hydrogen) atoms. The average molecular weight is 545 g/mol. The normalized spacial score (nSPS) is 11.5. The SMILES string of the molecule is CCNC(=NCc1ccc(CS(C)(=O)=O)cc1)NCCc1ccc(C)c(OC)c1.I. The zero-order chi connectivity index (χ0) is 21.3. The fourth-order valence-electron chi connectivity index (χ4n) is 2.90. The highest BCUT2D eigenvalue weighted by Gasteiger charge is 2.05. The molecule has 0 radical (unpaired) electrons. The predicted molar refractivity (Wildman–Crippen MR) is 135 cm³/mol. The van der Waals surface area contributed by atoms with Gasteiger partial charge in [0.2, 0.25) is 0 Å². The van der Waals surface area contributed by atoms with Crippen molar-refractivity contribution in [3.8, 4) is 5.75 Å². The van der Waals surface area contributed by atoms with Gasteiger partial charge in [0, 0.05) is 19.3 Å². The molecule has 0 aliphatic rings. The second kappa shape index (κ2) is 12.8. The number of nitrogens with zero attached hydrogens (tertiary/aromatic N) is 1. The molecule has 166 valence electrons. The number of aryl methyl sites for hydroxylation is 1. The van der Waals surface area contributed by atoms with Gasteiger partial charge in [0.1, 0.15) is 5.75 Å². The molecule has 0 saturated heterocycles. The van der Waals surface area contributed by atoms with Crippen LogP contribution in [0.3, 0.4) is 0 Å². The van der Waals surface area contributed by atoms with E-state index in [0.29, 0.717) is 6.54 Å². The van der Waals surface area contributed by atoms with E-state index >= 15 is 0 Å². The van der Waals surface area contributed by atoms with Crippen molar-refractivity contribution in [3.63, 3.8) is 0 Å². The van der Waals surface area contributed by atoms with E-state index in [1.54, 1.807) is 7.11 Å². The van der Waals surface area contributed by atoms with Crippen molar-refractivity contribution < 1.29 is 13.2 Å². The molecule has 0 saturated carbocycles. The molecule has 0 aliphatic heterocycles. The molecule has 0 spiro atoms. The Kier molecular flexibility index (Phi) is 11.2. The van der Waals surface area contributed by atoms with Crippen molar-refractivity contribution in [2.24, 2.45) is 4.99 Å². The second-order valence-corrected chi connectivity index (χ2v) is 9.20. The molecule has 0 aromatic heterocycles. The summed E-state index contributed by atoms with van der Waals surface area (Å²) in [6.45, 7) is 6.11. The number of guanidine groups is 1. The van der Waals surface area contributed by atoms with E-state index in [-0.39, 0.29) is 29.7 Å². The standard InChI is InChI=1S/C22H31N3O3S.HI/c1-5-23-22(24-13-12-18-7-6-17(2)21(14-18)28-3)25-15-19-8-10-20(11-9-19)16-29(4,26)27;/h6-11,14H,5,12-13,15-16H2,1-4H3,(H2,23,24,25);1H. The summed E-state index contributed by atoms with van der Waals surface area (Å²) in [7, 11) is -1.33. The summed E-state index contributed by atoms with van der Waals surface area (Å²) < 4.78 is 28.1. The van der Waals surface area contributed by atoms with Crippen molar-refractivity contribution >= 4 is 39.8 Å². The summed E-state index contributed by atoms with van der Waals surface area (Å²) in [5.41, 5.74) is 4.15. The molecule has 0 aliphatic carbocycles. The molecule has 0 amide bonds. The lowest BCUT2D eigenvalue weighted by Crippen LogP contribution is -2.38. The lowest BCUT2D eigenvalue weighted by atomic mass is 10.1. The molecule has 0 heterocycles. The molecule has 0 atom stereocenters. The fourth-order valence-corrected chi connectivity index (χ4v) is 3.70. The highest BCUT2D eigenvalue weighted by molar-refractivity contribution is 14.0. The number of nitrogens with one attached hydrogen (secondary N) is 2. The van der Waals surface area contributed by atoms with Crippen LogP contribution in [0.25, 0.3) is 0 Å². The van der Waals surface area contributed by atoms with Crippen LogP contribution in [0.5, 0.6) is 5.75 Å². The van der Waals surface area contributed by atoms with Crippen LogP contribution in [0.1, 0.15) is 29.2 Å². The number of ether oxygens (including phenoxy) is 1. The summed E-state index contributed by atoms with van der Waals surface area (Å²) in [4.78, 5) is 4.62. The van der Waals surface area contributed by atoms with Crippen LogP contribution in [0, 0.1) is 6.92 Å². The maximum atomic E-state index is 11.4. The van der Waals surface area contributed by atoms with Crippen molar-refractivity contribution in [2.45, 2.75) is 32.6 Å². The Labute approximate surface area is 197 Å². The number of rotatable bonds is 9. The van der Waals surface area contributed by atoms with Gasteiger partial charge in [0.25, 0.3) is 0 Å². The van der Waals surface area contributed by atoms with E-state index in [4.69, 9.17) is 4.74 Å². The van der Waals surface area contributed by atoms with Gasteiger partial charge < -0.3 is 15.4 Å². The first-order chi connectivity index (χ1) is 13.8. The van der Waals surface area contributed by atoms with Crippen molar-refractivity contribution in [2.75, 3.05) is 26.5 Å². The average Bonchev–Trinajstić information content (AvgIpc) is 2.67. The summed E-state index contributed by atoms with van der Waals surface area (Å²) in [5, 5.41) is 6.60. The Morgan fingerprint density at radius 3 is 2.27 bits per heavy atom. The van der Waals surface area contributed by atoms with E-state index in [2.05, 4.69) is 33.8 Å². The van der Waals surface area contributed by atoms with Gasteiger partial charge in [-0.3, -0.25) is 0 Å². The third kappa shape index (κ3) is 9.34. The van der Waals surface area contributed by atoms with Crippen LogP contribution in [0.4, 0.5) is 0 Å². The number of hydrogen-bond acceptors (Lipinski definition) is 4. The van der Waals surface area contributed by atoms with Gasteiger partial charge in [0.15, 0.2) is 15.8 Å². The summed E-state index contributed by atoms with van der Waals surface area (Å²) in [6, 6.07) is 13.8. The third-order valence-electron chi connectivity index (χ3n) is 4.39. The van der Waals surface area contributed by atoms with Crippen molar-refractivity contribution in [1.82, 2.24) is 10.6 Å². The molecular weight excluding hydrogens is 513 g/mol. The van der Waals surface area contributed by atoms with Crippen LogP contribution in [-0.4, -0.2) is 40.8 Å². The van der Waals surface area contributed by atoms with E-state index in [1.165, 1.54) is 11.8 Å². The quantitative estimate of drug-likeness (QED) is 0.287. The first-order valence-electron chi connectivity index (χ1n) is 9.72. The van der Waals surface area contributed by atoms with Gasteiger partial charge in [-0.25, -0.2) is 13.4 Å².